The second-order valence-corrected chi connectivity index (χ2v) is 3.46. The van der Waals surface area contributed by atoms with Gasteiger partial charge in [-0.2, -0.15) is 0 Å². The van der Waals surface area contributed by atoms with Gasteiger partial charge in [-0.15, -0.1) is 0 Å². The second-order valence-electron chi connectivity index (χ2n) is 3.05. The number of nitrogens with two attached hydrogens (primary N) is 1. The Bertz CT molecular complexity index is 421. The van der Waals surface area contributed by atoms with Crippen LogP contribution in [0, 0.1) is 0 Å². The van der Waals surface area contributed by atoms with Crippen LogP contribution in [0.1, 0.15) is 16.8 Å². The maximum Gasteiger partial charge on any atom is 0.339 e. The molecule has 0 fully saturated rings. The van der Waals surface area contributed by atoms with Gasteiger partial charge in [0.15, 0.2) is 0 Å². The number of carbonyl (C=O) groups is 2. The molecular weight excluding hydrogens is 232 g/mol. The van der Waals surface area contributed by atoms with Gasteiger partial charge in [0, 0.05) is 13.0 Å². The van der Waals surface area contributed by atoms with Gasteiger partial charge < -0.3 is 16.2 Å². The van der Waals surface area contributed by atoms with Crippen molar-refractivity contribution in [2.45, 2.75) is 6.42 Å². The van der Waals surface area contributed by atoms with Crippen LogP contribution in [-0.4, -0.2) is 23.5 Å². The normalized spacial score (nSPS) is 9.88. The molecule has 1 aromatic carbocycles. The van der Waals surface area contributed by atoms with E-state index in [1.165, 1.54) is 12.1 Å². The van der Waals surface area contributed by atoms with Crippen LogP contribution < -0.4 is 11.1 Å². The number of nitrogens with one attached hydrogen (secondary N) is 1. The molecule has 0 saturated heterocycles. The number of anilines is 1. The van der Waals surface area contributed by atoms with E-state index in [-0.39, 0.29) is 35.1 Å². The lowest BCUT2D eigenvalue weighted by Crippen LogP contribution is -2.18. The molecule has 0 spiro atoms. The zero-order chi connectivity index (χ0) is 12.1. The Hall–Kier alpha value is -1.59. The zero-order valence-corrected chi connectivity index (χ0v) is 9.12. The minimum absolute atomic E-state index is 0.0815. The van der Waals surface area contributed by atoms with Crippen molar-refractivity contribution in [3.8, 4) is 0 Å². The van der Waals surface area contributed by atoms with Crippen LogP contribution in [0.4, 0.5) is 5.69 Å². The molecule has 6 heteroatoms. The molecule has 0 heterocycles. The molecule has 1 aromatic rings. The number of benzene rings is 1. The predicted molar refractivity (Wildman–Crippen MR) is 60.7 cm³/mol. The number of carboxylic acid groups (broad SMARTS) is 1. The van der Waals surface area contributed by atoms with Gasteiger partial charge in [0.25, 0.3) is 0 Å². The van der Waals surface area contributed by atoms with E-state index in [2.05, 4.69) is 5.32 Å². The molecule has 4 N–H and O–H groups in total. The van der Waals surface area contributed by atoms with Crippen molar-refractivity contribution in [2.24, 2.45) is 5.73 Å². The summed E-state index contributed by atoms with van der Waals surface area (Å²) in [4.78, 5) is 22.2. The third kappa shape index (κ3) is 2.95. The molecular formula is C10H11ClN2O3. The summed E-state index contributed by atoms with van der Waals surface area (Å²) in [6.45, 7) is 0.203. The molecule has 1 rings (SSSR count). The summed E-state index contributed by atoms with van der Waals surface area (Å²) < 4.78 is 0. The van der Waals surface area contributed by atoms with Gasteiger partial charge >= 0.3 is 5.97 Å². The monoisotopic (exact) mass is 242 g/mol. The van der Waals surface area contributed by atoms with E-state index in [9.17, 15) is 9.59 Å². The lowest BCUT2D eigenvalue weighted by atomic mass is 10.1. The minimum atomic E-state index is -1.19. The predicted octanol–water partition coefficient (Wildman–Crippen LogP) is 1.33. The topological polar surface area (TPSA) is 92.4 Å². The summed E-state index contributed by atoms with van der Waals surface area (Å²) in [5.41, 5.74) is 5.27. The Morgan fingerprint density at radius 2 is 2.12 bits per heavy atom. The van der Waals surface area contributed by atoms with Crippen molar-refractivity contribution in [1.82, 2.24) is 0 Å². The van der Waals surface area contributed by atoms with Gasteiger partial charge in [0.05, 0.1) is 10.7 Å². The van der Waals surface area contributed by atoms with Gasteiger partial charge in [0.2, 0.25) is 5.91 Å². The molecule has 0 bridgehead atoms. The maximum absolute atomic E-state index is 11.3. The number of hydrogen-bond donors (Lipinski definition) is 3. The number of amides is 1. The largest absolute Gasteiger partial charge is 0.478 e. The SMILES string of the molecule is NCCC(=O)Nc1cccc(Cl)c1C(=O)O. The highest BCUT2D eigenvalue weighted by Gasteiger charge is 2.15. The third-order valence-corrected chi connectivity index (χ3v) is 2.19. The molecule has 0 aromatic heterocycles. The third-order valence-electron chi connectivity index (χ3n) is 1.87. The van der Waals surface area contributed by atoms with Gasteiger partial charge in [0.1, 0.15) is 5.56 Å². The Kier molecular flexibility index (Phi) is 4.28. The van der Waals surface area contributed by atoms with E-state index in [1.54, 1.807) is 6.07 Å². The zero-order valence-electron chi connectivity index (χ0n) is 8.37. The van der Waals surface area contributed by atoms with E-state index in [0.29, 0.717) is 0 Å². The van der Waals surface area contributed by atoms with Crippen molar-refractivity contribution in [2.75, 3.05) is 11.9 Å². The van der Waals surface area contributed by atoms with Crippen molar-refractivity contribution >= 4 is 29.2 Å². The molecule has 0 atom stereocenters. The first-order valence-electron chi connectivity index (χ1n) is 4.58. The van der Waals surface area contributed by atoms with Crippen molar-refractivity contribution in [3.05, 3.63) is 28.8 Å². The molecule has 0 unspecified atom stereocenters. The van der Waals surface area contributed by atoms with Crippen molar-refractivity contribution < 1.29 is 14.7 Å². The first kappa shape index (κ1) is 12.5. The van der Waals surface area contributed by atoms with Crippen molar-refractivity contribution in [1.29, 1.82) is 0 Å². The molecule has 0 radical (unpaired) electrons. The van der Waals surface area contributed by atoms with Gasteiger partial charge in [-0.3, -0.25) is 4.79 Å². The molecule has 16 heavy (non-hydrogen) atoms. The fraction of sp³-hybridized carbons (Fsp3) is 0.200. The summed E-state index contributed by atoms with van der Waals surface area (Å²) in [6.07, 6.45) is 0.131. The quantitative estimate of drug-likeness (QED) is 0.743. The Balaban J connectivity index is 3.00. The average Bonchev–Trinajstić information content (AvgIpc) is 2.17. The number of carbonyl (C=O) groups excluding carboxylic acids is 1. The van der Waals surface area contributed by atoms with E-state index >= 15 is 0 Å². The number of carboxylic acids is 1. The fourth-order valence-corrected chi connectivity index (χ4v) is 1.44. The summed E-state index contributed by atoms with van der Waals surface area (Å²) in [5.74, 6) is -1.53. The van der Waals surface area contributed by atoms with Crippen LogP contribution in [0.2, 0.25) is 5.02 Å². The highest BCUT2D eigenvalue weighted by atomic mass is 35.5. The van der Waals surface area contributed by atoms with Crippen LogP contribution in [0.5, 0.6) is 0 Å². The molecule has 1 amide bonds. The molecule has 86 valence electrons. The standard InChI is InChI=1S/C10H11ClN2O3/c11-6-2-1-3-7(9(6)10(15)16)13-8(14)4-5-12/h1-3H,4-5,12H2,(H,13,14)(H,15,16). The molecule has 0 aliphatic heterocycles. The highest BCUT2D eigenvalue weighted by Crippen LogP contribution is 2.24. The van der Waals surface area contributed by atoms with E-state index < -0.39 is 5.97 Å². The van der Waals surface area contributed by atoms with Crippen LogP contribution in [0.15, 0.2) is 18.2 Å². The second kappa shape index (κ2) is 5.48. The van der Waals surface area contributed by atoms with E-state index in [1.807, 2.05) is 0 Å². The summed E-state index contributed by atoms with van der Waals surface area (Å²) in [6, 6.07) is 4.49. The molecule has 0 saturated carbocycles. The number of rotatable bonds is 4. The lowest BCUT2D eigenvalue weighted by molar-refractivity contribution is -0.116. The van der Waals surface area contributed by atoms with E-state index in [4.69, 9.17) is 22.4 Å². The molecule has 5 nitrogen and oxygen atoms in total. The summed E-state index contributed by atoms with van der Waals surface area (Å²) >= 11 is 5.73. The number of hydrogen-bond acceptors (Lipinski definition) is 3. The Morgan fingerprint density at radius 1 is 1.44 bits per heavy atom. The highest BCUT2D eigenvalue weighted by molar-refractivity contribution is 6.34. The summed E-state index contributed by atoms with van der Waals surface area (Å²) in [5, 5.41) is 11.5. The number of halogens is 1. The average molecular weight is 243 g/mol. The first-order valence-corrected chi connectivity index (χ1v) is 4.95. The lowest BCUT2D eigenvalue weighted by Gasteiger charge is -2.08. The minimum Gasteiger partial charge on any atom is -0.478 e. The van der Waals surface area contributed by atoms with Crippen LogP contribution in [0.3, 0.4) is 0 Å². The molecule has 0 aliphatic carbocycles. The Morgan fingerprint density at radius 3 is 2.69 bits per heavy atom. The van der Waals surface area contributed by atoms with Crippen LogP contribution >= 0.6 is 11.6 Å². The fourth-order valence-electron chi connectivity index (χ4n) is 1.19. The van der Waals surface area contributed by atoms with Crippen molar-refractivity contribution in [3.63, 3.8) is 0 Å². The van der Waals surface area contributed by atoms with Gasteiger partial charge in [-0.25, -0.2) is 4.79 Å². The van der Waals surface area contributed by atoms with Crippen LogP contribution in [-0.2, 0) is 4.79 Å². The maximum atomic E-state index is 11.3. The first-order chi connectivity index (χ1) is 7.56. The van der Waals surface area contributed by atoms with Gasteiger partial charge in [-0.1, -0.05) is 17.7 Å². The summed E-state index contributed by atoms with van der Waals surface area (Å²) in [7, 11) is 0. The Labute approximate surface area is 97.2 Å². The molecule has 0 aliphatic rings. The van der Waals surface area contributed by atoms with Crippen LogP contribution in [0.25, 0.3) is 0 Å². The van der Waals surface area contributed by atoms with Gasteiger partial charge in [-0.05, 0) is 12.1 Å². The van der Waals surface area contributed by atoms with E-state index in [0.717, 1.165) is 0 Å². The number of aromatic carboxylic acids is 1. The smallest absolute Gasteiger partial charge is 0.339 e.